The molecule has 18 heavy (non-hydrogen) atoms. The average Bonchev–Trinajstić information content (AvgIpc) is 2.29. The molecule has 3 heteroatoms. The second-order valence-corrected chi connectivity index (χ2v) is 4.95. The Hall–Kier alpha value is -1.51. The Morgan fingerprint density at radius 3 is 1.94 bits per heavy atom. The Kier molecular flexibility index (Phi) is 4.38. The number of carbonyl (C=O) groups is 1. The van der Waals surface area contributed by atoms with E-state index in [1.54, 1.807) is 0 Å². The molecule has 0 spiro atoms. The molecule has 0 aromatic heterocycles. The zero-order valence-corrected chi connectivity index (χ0v) is 11.9. The Labute approximate surface area is 109 Å². The highest BCUT2D eigenvalue weighted by molar-refractivity contribution is 5.83. The highest BCUT2D eigenvalue weighted by atomic mass is 16.4. The van der Waals surface area contributed by atoms with Gasteiger partial charge in [0.25, 0.3) is 0 Å². The summed E-state index contributed by atoms with van der Waals surface area (Å²) in [7, 11) is 1.87. The van der Waals surface area contributed by atoms with Crippen molar-refractivity contribution < 1.29 is 9.90 Å². The molecule has 1 aromatic carbocycles. The molecular formula is C15H23NO2. The van der Waals surface area contributed by atoms with Crippen LogP contribution in [0.1, 0.15) is 37.8 Å². The fourth-order valence-electron chi connectivity index (χ4n) is 2.56. The van der Waals surface area contributed by atoms with Crippen LogP contribution in [0, 0.1) is 13.8 Å². The predicted octanol–water partition coefficient (Wildman–Crippen LogP) is 3.38. The number of nitrogens with zero attached hydrogens (tertiary/aromatic N) is 1. The minimum Gasteiger partial charge on any atom is -0.479 e. The van der Waals surface area contributed by atoms with Crippen LogP contribution >= 0.6 is 0 Å². The lowest BCUT2D eigenvalue weighted by molar-refractivity contribution is -0.143. The molecule has 1 rings (SSSR count). The number of hydrogen-bond donors (Lipinski definition) is 1. The topological polar surface area (TPSA) is 40.5 Å². The minimum atomic E-state index is -0.819. The maximum absolute atomic E-state index is 11.6. The summed E-state index contributed by atoms with van der Waals surface area (Å²) < 4.78 is 0. The number of carboxylic acid groups (broad SMARTS) is 1. The van der Waals surface area contributed by atoms with Gasteiger partial charge in [0.15, 0.2) is 0 Å². The number of aliphatic carboxylic acids is 1. The van der Waals surface area contributed by atoms with Crippen LogP contribution in [0.25, 0.3) is 0 Å². The fourth-order valence-corrected chi connectivity index (χ4v) is 2.56. The fraction of sp³-hybridized carbons (Fsp3) is 0.533. The van der Waals surface area contributed by atoms with Gasteiger partial charge in [-0.1, -0.05) is 19.9 Å². The van der Waals surface area contributed by atoms with Crippen LogP contribution in [-0.2, 0) is 4.79 Å². The quantitative estimate of drug-likeness (QED) is 0.869. The van der Waals surface area contributed by atoms with Gasteiger partial charge in [0, 0.05) is 12.7 Å². The van der Waals surface area contributed by atoms with Crippen LogP contribution in [0.4, 0.5) is 5.69 Å². The van der Waals surface area contributed by atoms with Gasteiger partial charge >= 0.3 is 5.97 Å². The van der Waals surface area contributed by atoms with Gasteiger partial charge < -0.3 is 10.0 Å². The molecule has 0 bridgehead atoms. The predicted molar refractivity (Wildman–Crippen MR) is 75.3 cm³/mol. The summed E-state index contributed by atoms with van der Waals surface area (Å²) in [6, 6.07) is 6.17. The molecule has 0 aliphatic carbocycles. The summed E-state index contributed by atoms with van der Waals surface area (Å²) >= 11 is 0. The van der Waals surface area contributed by atoms with Crippen LogP contribution < -0.4 is 4.90 Å². The van der Waals surface area contributed by atoms with Crippen molar-refractivity contribution in [2.75, 3.05) is 11.9 Å². The van der Waals surface area contributed by atoms with Gasteiger partial charge in [0.05, 0.1) is 0 Å². The zero-order chi connectivity index (χ0) is 13.9. The van der Waals surface area contributed by atoms with E-state index in [0.717, 1.165) is 16.8 Å². The maximum Gasteiger partial charge on any atom is 0.329 e. The molecule has 3 nitrogen and oxygen atoms in total. The van der Waals surface area contributed by atoms with Crippen LogP contribution in [0.2, 0.25) is 0 Å². The molecular weight excluding hydrogens is 226 g/mol. The van der Waals surface area contributed by atoms with Gasteiger partial charge in [0.2, 0.25) is 0 Å². The number of benzene rings is 1. The number of carboxylic acids is 1. The second-order valence-electron chi connectivity index (χ2n) is 4.95. The molecule has 0 unspecified atom stereocenters. The second kappa shape index (κ2) is 5.42. The van der Waals surface area contributed by atoms with Gasteiger partial charge in [-0.3, -0.25) is 0 Å². The van der Waals surface area contributed by atoms with Crippen LogP contribution in [0.5, 0.6) is 0 Å². The van der Waals surface area contributed by atoms with Gasteiger partial charge in [-0.25, -0.2) is 4.79 Å². The Morgan fingerprint density at radius 2 is 1.61 bits per heavy atom. The third-order valence-corrected chi connectivity index (χ3v) is 3.80. The molecule has 1 aromatic rings. The SMILES string of the molecule is CCC(CC)(C(=O)O)N(C)c1cc(C)cc(C)c1. The molecule has 0 saturated heterocycles. The minimum absolute atomic E-state index is 0.586. The van der Waals surface area contributed by atoms with E-state index in [2.05, 4.69) is 6.07 Å². The van der Waals surface area contributed by atoms with Gasteiger partial charge in [-0.2, -0.15) is 0 Å². The average molecular weight is 249 g/mol. The molecule has 0 heterocycles. The lowest BCUT2D eigenvalue weighted by Crippen LogP contribution is -2.52. The maximum atomic E-state index is 11.6. The van der Waals surface area contributed by atoms with E-state index in [1.807, 2.05) is 51.8 Å². The van der Waals surface area contributed by atoms with Gasteiger partial charge in [-0.15, -0.1) is 0 Å². The number of aryl methyl sites for hydroxylation is 2. The molecule has 100 valence electrons. The summed E-state index contributed by atoms with van der Waals surface area (Å²) in [5.74, 6) is -0.755. The normalized spacial score (nSPS) is 11.4. The molecule has 0 amide bonds. The number of rotatable bonds is 5. The molecule has 0 aliphatic heterocycles. The largest absolute Gasteiger partial charge is 0.479 e. The van der Waals surface area contributed by atoms with Gasteiger partial charge in [0.1, 0.15) is 5.54 Å². The Morgan fingerprint density at radius 1 is 1.17 bits per heavy atom. The van der Waals surface area contributed by atoms with Crippen molar-refractivity contribution in [3.63, 3.8) is 0 Å². The summed E-state index contributed by atoms with van der Waals surface area (Å²) in [6.07, 6.45) is 1.17. The highest BCUT2D eigenvalue weighted by Gasteiger charge is 2.39. The summed E-state index contributed by atoms with van der Waals surface area (Å²) in [6.45, 7) is 7.92. The third kappa shape index (κ3) is 2.50. The number of likely N-dealkylation sites (N-methyl/N-ethyl adjacent to an activating group) is 1. The van der Waals surface area contributed by atoms with E-state index in [4.69, 9.17) is 0 Å². The first-order chi connectivity index (χ1) is 8.37. The first-order valence-electron chi connectivity index (χ1n) is 6.43. The van der Waals surface area contributed by atoms with E-state index >= 15 is 0 Å². The number of hydrogen-bond acceptors (Lipinski definition) is 2. The van der Waals surface area contributed by atoms with E-state index in [-0.39, 0.29) is 0 Å². The van der Waals surface area contributed by atoms with Crippen LogP contribution in [0.15, 0.2) is 18.2 Å². The van der Waals surface area contributed by atoms with Crippen LogP contribution in [0.3, 0.4) is 0 Å². The lowest BCUT2D eigenvalue weighted by atomic mass is 9.90. The van der Waals surface area contributed by atoms with Crippen molar-refractivity contribution in [3.8, 4) is 0 Å². The molecule has 0 atom stereocenters. The molecule has 0 fully saturated rings. The molecule has 0 radical (unpaired) electrons. The first-order valence-corrected chi connectivity index (χ1v) is 6.43. The first kappa shape index (κ1) is 14.6. The van der Waals surface area contributed by atoms with E-state index in [9.17, 15) is 9.90 Å². The molecule has 0 saturated carbocycles. The summed E-state index contributed by atoms with van der Waals surface area (Å²) in [5.41, 5.74) is 2.46. The van der Waals surface area contributed by atoms with E-state index in [1.165, 1.54) is 0 Å². The van der Waals surface area contributed by atoms with Crippen molar-refractivity contribution in [3.05, 3.63) is 29.3 Å². The zero-order valence-electron chi connectivity index (χ0n) is 11.9. The Balaban J connectivity index is 3.25. The summed E-state index contributed by atoms with van der Waals surface area (Å²) in [5, 5.41) is 9.55. The Bertz CT molecular complexity index is 416. The van der Waals surface area contributed by atoms with Crippen molar-refractivity contribution in [2.45, 2.75) is 46.1 Å². The van der Waals surface area contributed by atoms with Crippen molar-refractivity contribution in [1.82, 2.24) is 0 Å². The monoisotopic (exact) mass is 249 g/mol. The lowest BCUT2D eigenvalue weighted by Gasteiger charge is -2.38. The number of anilines is 1. The standard InChI is InChI=1S/C15H23NO2/c1-6-15(7-2,14(17)18)16(5)13-9-11(3)8-12(4)10-13/h8-10H,6-7H2,1-5H3,(H,17,18). The van der Waals surface area contributed by atoms with Crippen molar-refractivity contribution in [2.24, 2.45) is 0 Å². The van der Waals surface area contributed by atoms with Crippen LogP contribution in [-0.4, -0.2) is 23.7 Å². The smallest absolute Gasteiger partial charge is 0.329 e. The van der Waals surface area contributed by atoms with E-state index in [0.29, 0.717) is 12.8 Å². The highest BCUT2D eigenvalue weighted by Crippen LogP contribution is 2.30. The molecule has 0 aliphatic rings. The molecule has 1 N–H and O–H groups in total. The van der Waals surface area contributed by atoms with Crippen molar-refractivity contribution in [1.29, 1.82) is 0 Å². The van der Waals surface area contributed by atoms with Gasteiger partial charge in [-0.05, 0) is 49.9 Å². The summed E-state index contributed by atoms with van der Waals surface area (Å²) in [4.78, 5) is 13.5. The van der Waals surface area contributed by atoms with E-state index < -0.39 is 11.5 Å². The third-order valence-electron chi connectivity index (χ3n) is 3.80. The van der Waals surface area contributed by atoms with Crippen molar-refractivity contribution >= 4 is 11.7 Å².